The summed E-state index contributed by atoms with van der Waals surface area (Å²) in [4.78, 5) is 11.2. The summed E-state index contributed by atoms with van der Waals surface area (Å²) in [6.07, 6.45) is -4.76. The lowest BCUT2D eigenvalue weighted by molar-refractivity contribution is -0.144. The Hall–Kier alpha value is -1.56. The van der Waals surface area contributed by atoms with Gasteiger partial charge in [0.25, 0.3) is 0 Å². The van der Waals surface area contributed by atoms with Gasteiger partial charge in [-0.25, -0.2) is 0 Å². The Morgan fingerprint density at radius 2 is 2.00 bits per heavy atom. The first-order valence-electron chi connectivity index (χ1n) is 5.43. The molecular formula is C12H14F3NO2. The fraction of sp³-hybridized carbons (Fsp3) is 0.417. The molecule has 0 aliphatic carbocycles. The summed E-state index contributed by atoms with van der Waals surface area (Å²) in [6.45, 7) is 1.79. The van der Waals surface area contributed by atoms with Gasteiger partial charge in [0.1, 0.15) is 0 Å². The van der Waals surface area contributed by atoms with Crippen LogP contribution in [0.5, 0.6) is 0 Å². The molecule has 3 nitrogen and oxygen atoms in total. The molecular weight excluding hydrogens is 247 g/mol. The highest BCUT2D eigenvalue weighted by Gasteiger charge is 2.34. The monoisotopic (exact) mass is 261 g/mol. The Morgan fingerprint density at radius 1 is 1.39 bits per heavy atom. The maximum atomic E-state index is 12.7. The molecule has 0 bridgehead atoms. The number of nitrogens with two attached hydrogens (primary N) is 1. The minimum atomic E-state index is -4.48. The lowest BCUT2D eigenvalue weighted by atomic mass is 9.98. The van der Waals surface area contributed by atoms with Crippen LogP contribution < -0.4 is 5.73 Å². The molecule has 0 spiro atoms. The van der Waals surface area contributed by atoms with Crippen molar-refractivity contribution in [3.63, 3.8) is 0 Å². The number of ether oxygens (including phenoxy) is 1. The summed E-state index contributed by atoms with van der Waals surface area (Å²) in [7, 11) is 0. The van der Waals surface area contributed by atoms with Crippen LogP contribution in [0.1, 0.15) is 30.5 Å². The third-order valence-electron chi connectivity index (χ3n) is 2.36. The Morgan fingerprint density at radius 3 is 2.56 bits per heavy atom. The van der Waals surface area contributed by atoms with Crippen LogP contribution in [0.15, 0.2) is 24.3 Å². The molecule has 0 aliphatic heterocycles. The van der Waals surface area contributed by atoms with E-state index in [9.17, 15) is 18.0 Å². The summed E-state index contributed by atoms with van der Waals surface area (Å²) in [5.41, 5.74) is 4.71. The van der Waals surface area contributed by atoms with E-state index in [2.05, 4.69) is 4.74 Å². The van der Waals surface area contributed by atoms with E-state index in [0.717, 1.165) is 6.07 Å². The van der Waals surface area contributed by atoms with Gasteiger partial charge in [-0.15, -0.1) is 0 Å². The minimum Gasteiger partial charge on any atom is -0.466 e. The minimum absolute atomic E-state index is 0.0990. The summed E-state index contributed by atoms with van der Waals surface area (Å²) < 4.78 is 42.8. The highest BCUT2D eigenvalue weighted by molar-refractivity contribution is 5.70. The van der Waals surface area contributed by atoms with Gasteiger partial charge >= 0.3 is 12.1 Å². The summed E-state index contributed by atoms with van der Waals surface area (Å²) in [5.74, 6) is -0.609. The maximum absolute atomic E-state index is 12.7. The zero-order valence-corrected chi connectivity index (χ0v) is 9.83. The number of benzene rings is 1. The SMILES string of the molecule is CCOC(=O)CC(N)c1ccccc1C(F)(F)F. The van der Waals surface area contributed by atoms with E-state index in [1.54, 1.807) is 6.92 Å². The number of rotatable bonds is 4. The maximum Gasteiger partial charge on any atom is 0.416 e. The highest BCUT2D eigenvalue weighted by Crippen LogP contribution is 2.34. The molecule has 0 fully saturated rings. The van der Waals surface area contributed by atoms with Crippen molar-refractivity contribution in [3.8, 4) is 0 Å². The van der Waals surface area contributed by atoms with Crippen molar-refractivity contribution in [1.82, 2.24) is 0 Å². The van der Waals surface area contributed by atoms with Crippen molar-refractivity contribution >= 4 is 5.97 Å². The first-order chi connectivity index (χ1) is 8.36. The number of esters is 1. The lowest BCUT2D eigenvalue weighted by Crippen LogP contribution is -2.21. The van der Waals surface area contributed by atoms with Crippen molar-refractivity contribution in [2.45, 2.75) is 25.6 Å². The molecule has 1 unspecified atom stereocenters. The Labute approximate surface area is 103 Å². The average molecular weight is 261 g/mol. The zero-order valence-electron chi connectivity index (χ0n) is 9.83. The zero-order chi connectivity index (χ0) is 13.8. The van der Waals surface area contributed by atoms with Crippen LogP contribution in [0, 0.1) is 0 Å². The van der Waals surface area contributed by atoms with E-state index in [1.165, 1.54) is 18.2 Å². The molecule has 0 saturated carbocycles. The van der Waals surface area contributed by atoms with Crippen LogP contribution in [0.3, 0.4) is 0 Å². The van der Waals surface area contributed by atoms with Crippen LogP contribution >= 0.6 is 0 Å². The molecule has 0 aliphatic rings. The second kappa shape index (κ2) is 5.86. The third kappa shape index (κ3) is 3.73. The normalized spacial score (nSPS) is 13.2. The number of halogens is 3. The Balaban J connectivity index is 2.92. The lowest BCUT2D eigenvalue weighted by Gasteiger charge is -2.17. The smallest absolute Gasteiger partial charge is 0.416 e. The molecule has 2 N–H and O–H groups in total. The van der Waals surface area contributed by atoms with Crippen LogP contribution in [0.4, 0.5) is 13.2 Å². The molecule has 0 saturated heterocycles. The largest absolute Gasteiger partial charge is 0.466 e. The quantitative estimate of drug-likeness (QED) is 0.848. The van der Waals surface area contributed by atoms with E-state index < -0.39 is 23.8 Å². The van der Waals surface area contributed by atoms with E-state index in [-0.39, 0.29) is 18.6 Å². The molecule has 0 radical (unpaired) electrons. The molecule has 0 amide bonds. The van der Waals surface area contributed by atoms with E-state index >= 15 is 0 Å². The van der Waals surface area contributed by atoms with Crippen LogP contribution in [0.25, 0.3) is 0 Å². The van der Waals surface area contributed by atoms with E-state index in [4.69, 9.17) is 5.73 Å². The van der Waals surface area contributed by atoms with Crippen LogP contribution in [-0.2, 0) is 15.7 Å². The van der Waals surface area contributed by atoms with E-state index in [0.29, 0.717) is 0 Å². The molecule has 1 aromatic carbocycles. The third-order valence-corrected chi connectivity index (χ3v) is 2.36. The van der Waals surface area contributed by atoms with Gasteiger partial charge < -0.3 is 10.5 Å². The number of alkyl halides is 3. The van der Waals surface area contributed by atoms with Crippen molar-refractivity contribution in [2.75, 3.05) is 6.61 Å². The number of hydrogen-bond acceptors (Lipinski definition) is 3. The predicted octanol–water partition coefficient (Wildman–Crippen LogP) is 2.66. The molecule has 6 heteroatoms. The second-order valence-corrected chi connectivity index (χ2v) is 3.70. The van der Waals surface area contributed by atoms with Crippen LogP contribution in [0.2, 0.25) is 0 Å². The summed E-state index contributed by atoms with van der Waals surface area (Å²) in [5, 5.41) is 0. The Kier molecular flexibility index (Phi) is 4.72. The molecule has 100 valence electrons. The van der Waals surface area contributed by atoms with Gasteiger partial charge in [0.2, 0.25) is 0 Å². The second-order valence-electron chi connectivity index (χ2n) is 3.70. The summed E-state index contributed by atoms with van der Waals surface area (Å²) >= 11 is 0. The Bertz CT molecular complexity index is 418. The van der Waals surface area contributed by atoms with Crippen LogP contribution in [-0.4, -0.2) is 12.6 Å². The van der Waals surface area contributed by atoms with Gasteiger partial charge in [0, 0.05) is 6.04 Å². The standard InChI is InChI=1S/C12H14F3NO2/c1-2-18-11(17)7-10(16)8-5-3-4-6-9(8)12(13,14)15/h3-6,10H,2,7,16H2,1H3. The molecule has 1 atom stereocenters. The van der Waals surface area contributed by atoms with Gasteiger partial charge in [0.05, 0.1) is 18.6 Å². The first kappa shape index (κ1) is 14.5. The van der Waals surface area contributed by atoms with Gasteiger partial charge in [0.15, 0.2) is 0 Å². The van der Waals surface area contributed by atoms with E-state index in [1.807, 2.05) is 0 Å². The van der Waals surface area contributed by atoms with Gasteiger partial charge in [-0.1, -0.05) is 18.2 Å². The number of carbonyl (C=O) groups is 1. The van der Waals surface area contributed by atoms with Crippen molar-refractivity contribution in [3.05, 3.63) is 35.4 Å². The summed E-state index contributed by atoms with van der Waals surface area (Å²) in [6, 6.07) is 3.92. The number of carbonyl (C=O) groups excluding carboxylic acids is 1. The topological polar surface area (TPSA) is 52.3 Å². The molecule has 0 heterocycles. The fourth-order valence-electron chi connectivity index (χ4n) is 1.59. The first-order valence-corrected chi connectivity index (χ1v) is 5.43. The van der Waals surface area contributed by atoms with Gasteiger partial charge in [-0.3, -0.25) is 4.79 Å². The molecule has 1 aromatic rings. The predicted molar refractivity (Wildman–Crippen MR) is 59.6 cm³/mol. The molecule has 0 aromatic heterocycles. The van der Waals surface area contributed by atoms with Crippen molar-refractivity contribution in [2.24, 2.45) is 5.73 Å². The molecule has 18 heavy (non-hydrogen) atoms. The number of hydrogen-bond donors (Lipinski definition) is 1. The van der Waals surface area contributed by atoms with Gasteiger partial charge in [-0.05, 0) is 18.6 Å². The van der Waals surface area contributed by atoms with Crippen molar-refractivity contribution in [1.29, 1.82) is 0 Å². The van der Waals surface area contributed by atoms with Crippen molar-refractivity contribution < 1.29 is 22.7 Å². The van der Waals surface area contributed by atoms with Gasteiger partial charge in [-0.2, -0.15) is 13.2 Å². The fourth-order valence-corrected chi connectivity index (χ4v) is 1.59. The highest BCUT2D eigenvalue weighted by atomic mass is 19.4. The average Bonchev–Trinajstić information content (AvgIpc) is 2.28. The molecule has 1 rings (SSSR count).